The normalized spacial score (nSPS) is 16.8. The molecule has 1 aromatic carbocycles. The Bertz CT molecular complexity index is 303. The summed E-state index contributed by atoms with van der Waals surface area (Å²) in [4.78, 5) is 0. The van der Waals surface area contributed by atoms with Crippen molar-refractivity contribution in [2.75, 3.05) is 0 Å². The van der Waals surface area contributed by atoms with Crippen LogP contribution in [0.3, 0.4) is 0 Å². The molecule has 0 bridgehead atoms. The van der Waals surface area contributed by atoms with E-state index in [4.69, 9.17) is 5.73 Å². The Kier molecular flexibility index (Phi) is 4.97. The molecular formula is C14H24N2. The minimum atomic E-state index is 0.178. The molecule has 0 fully saturated rings. The lowest BCUT2D eigenvalue weighted by atomic mass is 10.0. The predicted molar refractivity (Wildman–Crippen MR) is 70.5 cm³/mol. The van der Waals surface area contributed by atoms with Gasteiger partial charge in [0.2, 0.25) is 0 Å². The van der Waals surface area contributed by atoms with Crippen molar-refractivity contribution >= 4 is 0 Å². The maximum atomic E-state index is 5.85. The number of aryl methyl sites for hydroxylation is 1. The van der Waals surface area contributed by atoms with Gasteiger partial charge >= 0.3 is 0 Å². The Hall–Kier alpha value is -0.860. The molecule has 0 aromatic heterocycles. The first-order chi connectivity index (χ1) is 7.54. The Balaban J connectivity index is 2.62. The summed E-state index contributed by atoms with van der Waals surface area (Å²) in [6, 6.07) is 9.66. The molecule has 0 saturated heterocycles. The second-order valence-corrected chi connectivity index (χ2v) is 4.63. The van der Waals surface area contributed by atoms with Crippen LogP contribution in [0.2, 0.25) is 0 Å². The van der Waals surface area contributed by atoms with Crippen LogP contribution in [0.4, 0.5) is 0 Å². The first kappa shape index (κ1) is 13.2. The molecule has 0 saturated carbocycles. The highest BCUT2D eigenvalue weighted by molar-refractivity contribution is 5.24. The van der Waals surface area contributed by atoms with Gasteiger partial charge in [0.1, 0.15) is 0 Å². The molecule has 0 aliphatic carbocycles. The van der Waals surface area contributed by atoms with Gasteiger partial charge in [-0.3, -0.25) is 0 Å². The lowest BCUT2D eigenvalue weighted by Gasteiger charge is -2.23. The van der Waals surface area contributed by atoms with Crippen molar-refractivity contribution in [3.8, 4) is 0 Å². The fraction of sp³-hybridized carbons (Fsp3) is 0.571. The molecule has 0 amide bonds. The molecule has 0 radical (unpaired) electrons. The molecule has 3 N–H and O–H groups in total. The average Bonchev–Trinajstić information content (AvgIpc) is 2.28. The van der Waals surface area contributed by atoms with Crippen LogP contribution < -0.4 is 11.1 Å². The molecule has 0 spiro atoms. The summed E-state index contributed by atoms with van der Waals surface area (Å²) in [5.74, 6) is 0. The number of benzene rings is 1. The van der Waals surface area contributed by atoms with Gasteiger partial charge in [-0.1, -0.05) is 31.2 Å². The predicted octanol–water partition coefficient (Wildman–Crippen LogP) is 2.64. The van der Waals surface area contributed by atoms with E-state index in [1.807, 2.05) is 6.92 Å². The Morgan fingerprint density at radius 3 is 2.12 bits per heavy atom. The van der Waals surface area contributed by atoms with E-state index in [0.717, 1.165) is 6.42 Å². The summed E-state index contributed by atoms with van der Waals surface area (Å²) in [6.07, 6.45) is 1.10. The van der Waals surface area contributed by atoms with Crippen molar-refractivity contribution < 1.29 is 0 Å². The van der Waals surface area contributed by atoms with Crippen LogP contribution in [0.1, 0.15) is 44.9 Å². The second kappa shape index (κ2) is 6.02. The summed E-state index contributed by atoms with van der Waals surface area (Å²) < 4.78 is 0. The Morgan fingerprint density at radius 1 is 1.12 bits per heavy atom. The summed E-state index contributed by atoms with van der Waals surface area (Å²) in [7, 11) is 0. The van der Waals surface area contributed by atoms with Crippen molar-refractivity contribution in [1.82, 2.24) is 5.32 Å². The third-order valence-electron chi connectivity index (χ3n) is 3.19. The standard InChI is InChI=1S/C14H24N2/c1-5-13-6-8-14(9-7-13)12(4)16-11(3)10(2)15/h6-12,16H,5,15H2,1-4H3. The first-order valence-electron chi connectivity index (χ1n) is 6.15. The second-order valence-electron chi connectivity index (χ2n) is 4.63. The first-order valence-corrected chi connectivity index (χ1v) is 6.15. The topological polar surface area (TPSA) is 38.0 Å². The molecule has 2 heteroatoms. The van der Waals surface area contributed by atoms with Crippen LogP contribution in [0.25, 0.3) is 0 Å². The van der Waals surface area contributed by atoms with Gasteiger partial charge < -0.3 is 11.1 Å². The number of rotatable bonds is 5. The van der Waals surface area contributed by atoms with Gasteiger partial charge in [-0.25, -0.2) is 0 Å². The number of hydrogen-bond acceptors (Lipinski definition) is 2. The van der Waals surface area contributed by atoms with Crippen LogP contribution in [-0.4, -0.2) is 12.1 Å². The fourth-order valence-corrected chi connectivity index (χ4v) is 1.68. The zero-order valence-electron chi connectivity index (χ0n) is 10.8. The largest absolute Gasteiger partial charge is 0.327 e. The highest BCUT2D eigenvalue weighted by atomic mass is 15.0. The lowest BCUT2D eigenvalue weighted by Crippen LogP contribution is -2.41. The van der Waals surface area contributed by atoms with E-state index in [9.17, 15) is 0 Å². The van der Waals surface area contributed by atoms with Crippen molar-refractivity contribution in [3.63, 3.8) is 0 Å². The molecule has 0 aliphatic rings. The zero-order valence-corrected chi connectivity index (χ0v) is 10.8. The van der Waals surface area contributed by atoms with Gasteiger partial charge in [-0.05, 0) is 38.3 Å². The highest BCUT2D eigenvalue weighted by Gasteiger charge is 2.11. The molecule has 3 unspecified atom stereocenters. The molecule has 2 nitrogen and oxygen atoms in total. The third kappa shape index (κ3) is 3.62. The summed E-state index contributed by atoms with van der Waals surface area (Å²) in [6.45, 7) is 8.51. The number of nitrogens with one attached hydrogen (secondary N) is 1. The van der Waals surface area contributed by atoms with Gasteiger partial charge in [-0.15, -0.1) is 0 Å². The van der Waals surface area contributed by atoms with Crippen LogP contribution >= 0.6 is 0 Å². The van der Waals surface area contributed by atoms with Gasteiger partial charge in [0, 0.05) is 18.1 Å². The molecule has 16 heavy (non-hydrogen) atoms. The van der Waals surface area contributed by atoms with E-state index in [2.05, 4.69) is 50.4 Å². The van der Waals surface area contributed by atoms with Crippen LogP contribution in [0, 0.1) is 0 Å². The Morgan fingerprint density at radius 2 is 1.69 bits per heavy atom. The quantitative estimate of drug-likeness (QED) is 0.800. The van der Waals surface area contributed by atoms with E-state index in [0.29, 0.717) is 12.1 Å². The fourth-order valence-electron chi connectivity index (χ4n) is 1.68. The minimum absolute atomic E-state index is 0.178. The summed E-state index contributed by atoms with van der Waals surface area (Å²) in [5, 5.41) is 3.51. The van der Waals surface area contributed by atoms with E-state index in [-0.39, 0.29) is 6.04 Å². The molecular weight excluding hydrogens is 196 g/mol. The molecule has 1 aromatic rings. The molecule has 0 aliphatic heterocycles. The maximum Gasteiger partial charge on any atom is 0.0294 e. The summed E-state index contributed by atoms with van der Waals surface area (Å²) >= 11 is 0. The minimum Gasteiger partial charge on any atom is -0.327 e. The van der Waals surface area contributed by atoms with Gasteiger partial charge in [-0.2, -0.15) is 0 Å². The monoisotopic (exact) mass is 220 g/mol. The third-order valence-corrected chi connectivity index (χ3v) is 3.19. The highest BCUT2D eigenvalue weighted by Crippen LogP contribution is 2.14. The Labute approximate surface area is 99.2 Å². The zero-order chi connectivity index (χ0) is 12.1. The smallest absolute Gasteiger partial charge is 0.0294 e. The lowest BCUT2D eigenvalue weighted by molar-refractivity contribution is 0.430. The van der Waals surface area contributed by atoms with E-state index >= 15 is 0 Å². The van der Waals surface area contributed by atoms with Gasteiger partial charge in [0.25, 0.3) is 0 Å². The van der Waals surface area contributed by atoms with Crippen LogP contribution in [0.5, 0.6) is 0 Å². The van der Waals surface area contributed by atoms with E-state index in [1.54, 1.807) is 0 Å². The van der Waals surface area contributed by atoms with Gasteiger partial charge in [0.15, 0.2) is 0 Å². The maximum absolute atomic E-state index is 5.85. The van der Waals surface area contributed by atoms with Crippen molar-refractivity contribution in [3.05, 3.63) is 35.4 Å². The molecule has 1 rings (SSSR count). The van der Waals surface area contributed by atoms with Crippen molar-refractivity contribution in [2.45, 2.75) is 52.2 Å². The van der Waals surface area contributed by atoms with Crippen molar-refractivity contribution in [1.29, 1.82) is 0 Å². The van der Waals surface area contributed by atoms with Crippen LogP contribution in [0.15, 0.2) is 24.3 Å². The molecule has 3 atom stereocenters. The number of nitrogens with two attached hydrogens (primary N) is 1. The van der Waals surface area contributed by atoms with E-state index < -0.39 is 0 Å². The molecule has 90 valence electrons. The average molecular weight is 220 g/mol. The molecule has 0 heterocycles. The number of hydrogen-bond donors (Lipinski definition) is 2. The van der Waals surface area contributed by atoms with Gasteiger partial charge in [0.05, 0.1) is 0 Å². The van der Waals surface area contributed by atoms with Crippen molar-refractivity contribution in [2.24, 2.45) is 5.73 Å². The van der Waals surface area contributed by atoms with Crippen LogP contribution in [-0.2, 0) is 6.42 Å². The van der Waals surface area contributed by atoms with E-state index in [1.165, 1.54) is 11.1 Å². The summed E-state index contributed by atoms with van der Waals surface area (Å²) in [5.41, 5.74) is 8.55. The SMILES string of the molecule is CCc1ccc(C(C)NC(C)C(C)N)cc1.